The van der Waals surface area contributed by atoms with E-state index in [9.17, 15) is 9.59 Å². The summed E-state index contributed by atoms with van der Waals surface area (Å²) in [6, 6.07) is 12.6. The number of rotatable bonds is 5. The lowest BCUT2D eigenvalue weighted by molar-refractivity contribution is -0.118. The fourth-order valence-electron chi connectivity index (χ4n) is 2.23. The highest BCUT2D eigenvalue weighted by Gasteiger charge is 2.10. The summed E-state index contributed by atoms with van der Waals surface area (Å²) in [5.41, 5.74) is 2.53. The number of nitrogens with one attached hydrogen (secondary N) is 2. The van der Waals surface area contributed by atoms with Crippen molar-refractivity contribution < 1.29 is 13.9 Å². The molecule has 0 aliphatic rings. The minimum Gasteiger partial charge on any atom is -0.484 e. The molecular formula is C17H16N2O4. The van der Waals surface area contributed by atoms with Gasteiger partial charge in [0.05, 0.1) is 5.69 Å². The van der Waals surface area contributed by atoms with Crippen LogP contribution in [0.3, 0.4) is 0 Å². The van der Waals surface area contributed by atoms with Crippen molar-refractivity contribution in [3.63, 3.8) is 0 Å². The summed E-state index contributed by atoms with van der Waals surface area (Å²) in [5.74, 6) is -0.250. The van der Waals surface area contributed by atoms with Gasteiger partial charge in [0, 0.05) is 0 Å². The van der Waals surface area contributed by atoms with E-state index >= 15 is 0 Å². The van der Waals surface area contributed by atoms with Crippen LogP contribution in [0, 0.1) is 0 Å². The van der Waals surface area contributed by atoms with Gasteiger partial charge in [-0.2, -0.15) is 0 Å². The van der Waals surface area contributed by atoms with Crippen LogP contribution in [0.15, 0.2) is 51.7 Å². The van der Waals surface area contributed by atoms with Crippen molar-refractivity contribution in [3.8, 4) is 5.75 Å². The number of aromatic nitrogens is 1. The summed E-state index contributed by atoms with van der Waals surface area (Å²) >= 11 is 0. The van der Waals surface area contributed by atoms with E-state index in [1.54, 1.807) is 18.2 Å². The van der Waals surface area contributed by atoms with Crippen LogP contribution < -0.4 is 15.8 Å². The number of hydrogen-bond acceptors (Lipinski definition) is 4. The highest BCUT2D eigenvalue weighted by molar-refractivity contribution is 5.99. The fraction of sp³-hybridized carbons (Fsp3) is 0.176. The van der Waals surface area contributed by atoms with Gasteiger partial charge in [-0.3, -0.25) is 9.78 Å². The number of para-hydroxylation sites is 1. The Morgan fingerprint density at radius 2 is 2.00 bits per heavy atom. The molecule has 118 valence electrons. The van der Waals surface area contributed by atoms with Crippen molar-refractivity contribution in [2.75, 3.05) is 11.9 Å². The SMILES string of the molecule is CCc1ccc(OCC(=O)Nc2cccc3oc(=O)[nH]c23)cc1. The quantitative estimate of drug-likeness (QED) is 0.758. The first kappa shape index (κ1) is 14.9. The van der Waals surface area contributed by atoms with Crippen LogP contribution in [0.2, 0.25) is 0 Å². The molecule has 6 heteroatoms. The van der Waals surface area contributed by atoms with Gasteiger partial charge in [-0.05, 0) is 36.2 Å². The van der Waals surface area contributed by atoms with Gasteiger partial charge in [0.1, 0.15) is 11.3 Å². The predicted molar refractivity (Wildman–Crippen MR) is 86.8 cm³/mol. The lowest BCUT2D eigenvalue weighted by Crippen LogP contribution is -2.20. The zero-order chi connectivity index (χ0) is 16.2. The molecule has 0 unspecified atom stereocenters. The van der Waals surface area contributed by atoms with Crippen LogP contribution in [0.4, 0.5) is 5.69 Å². The molecular weight excluding hydrogens is 296 g/mol. The predicted octanol–water partition coefficient (Wildman–Crippen LogP) is 2.70. The third-order valence-electron chi connectivity index (χ3n) is 3.43. The van der Waals surface area contributed by atoms with Crippen molar-refractivity contribution >= 4 is 22.7 Å². The second-order valence-corrected chi connectivity index (χ2v) is 5.03. The third kappa shape index (κ3) is 3.42. The average molecular weight is 312 g/mol. The topological polar surface area (TPSA) is 84.3 Å². The number of amides is 1. The summed E-state index contributed by atoms with van der Waals surface area (Å²) < 4.78 is 10.4. The third-order valence-corrected chi connectivity index (χ3v) is 3.43. The van der Waals surface area contributed by atoms with E-state index in [2.05, 4.69) is 17.2 Å². The molecule has 2 N–H and O–H groups in total. The van der Waals surface area contributed by atoms with Crippen LogP contribution >= 0.6 is 0 Å². The molecule has 3 aromatic rings. The Labute approximate surface area is 132 Å². The van der Waals surface area contributed by atoms with Gasteiger partial charge in [-0.1, -0.05) is 25.1 Å². The zero-order valence-electron chi connectivity index (χ0n) is 12.6. The monoisotopic (exact) mass is 312 g/mol. The lowest BCUT2D eigenvalue weighted by Gasteiger charge is -2.08. The molecule has 3 rings (SSSR count). The second-order valence-electron chi connectivity index (χ2n) is 5.03. The maximum absolute atomic E-state index is 12.0. The molecule has 0 spiro atoms. The van der Waals surface area contributed by atoms with Crippen LogP contribution in [0.25, 0.3) is 11.1 Å². The number of aromatic amines is 1. The number of aryl methyl sites for hydroxylation is 1. The minimum atomic E-state index is -0.561. The number of H-pyrrole nitrogens is 1. The Hall–Kier alpha value is -3.02. The molecule has 0 saturated carbocycles. The maximum Gasteiger partial charge on any atom is 0.417 e. The zero-order valence-corrected chi connectivity index (χ0v) is 12.6. The minimum absolute atomic E-state index is 0.121. The first-order valence-corrected chi connectivity index (χ1v) is 7.29. The highest BCUT2D eigenvalue weighted by Crippen LogP contribution is 2.20. The Morgan fingerprint density at radius 1 is 1.22 bits per heavy atom. The van der Waals surface area contributed by atoms with Crippen LogP contribution in [-0.4, -0.2) is 17.5 Å². The molecule has 1 amide bonds. The molecule has 2 aromatic carbocycles. The number of ether oxygens (including phenoxy) is 1. The van der Waals surface area contributed by atoms with E-state index < -0.39 is 5.76 Å². The van der Waals surface area contributed by atoms with E-state index in [0.717, 1.165) is 6.42 Å². The number of fused-ring (bicyclic) bond motifs is 1. The van der Waals surface area contributed by atoms with Gasteiger partial charge < -0.3 is 14.5 Å². The second kappa shape index (κ2) is 6.39. The van der Waals surface area contributed by atoms with Crippen LogP contribution in [0.5, 0.6) is 5.75 Å². The summed E-state index contributed by atoms with van der Waals surface area (Å²) in [4.78, 5) is 25.8. The molecule has 6 nitrogen and oxygen atoms in total. The summed E-state index contributed by atoms with van der Waals surface area (Å²) in [7, 11) is 0. The molecule has 0 bridgehead atoms. The molecule has 0 atom stereocenters. The number of anilines is 1. The van der Waals surface area contributed by atoms with Crippen molar-refractivity contribution in [2.24, 2.45) is 0 Å². The van der Waals surface area contributed by atoms with E-state index in [0.29, 0.717) is 22.5 Å². The number of oxazole rings is 1. The average Bonchev–Trinajstić information content (AvgIpc) is 2.95. The lowest BCUT2D eigenvalue weighted by atomic mass is 10.2. The largest absolute Gasteiger partial charge is 0.484 e. The van der Waals surface area contributed by atoms with Gasteiger partial charge >= 0.3 is 5.76 Å². The molecule has 0 radical (unpaired) electrons. The molecule has 0 aliphatic heterocycles. The molecule has 0 fully saturated rings. The van der Waals surface area contributed by atoms with Gasteiger partial charge in [0.25, 0.3) is 5.91 Å². The fourth-order valence-corrected chi connectivity index (χ4v) is 2.23. The number of carbonyl (C=O) groups is 1. The molecule has 0 aliphatic carbocycles. The van der Waals surface area contributed by atoms with Crippen molar-refractivity contribution in [1.29, 1.82) is 0 Å². The van der Waals surface area contributed by atoms with E-state index in [1.165, 1.54) is 5.56 Å². The standard InChI is InChI=1S/C17H16N2O4/c1-2-11-6-8-12(9-7-11)22-10-15(20)18-13-4-3-5-14-16(13)19-17(21)23-14/h3-9H,2,10H2,1H3,(H,18,20)(H,19,21). The van der Waals surface area contributed by atoms with E-state index in [1.807, 2.05) is 24.3 Å². The normalized spacial score (nSPS) is 10.7. The smallest absolute Gasteiger partial charge is 0.417 e. The van der Waals surface area contributed by atoms with E-state index in [-0.39, 0.29) is 12.5 Å². The van der Waals surface area contributed by atoms with Gasteiger partial charge in [-0.15, -0.1) is 0 Å². The Kier molecular flexibility index (Phi) is 4.14. The molecule has 1 heterocycles. The summed E-state index contributed by atoms with van der Waals surface area (Å²) in [6.45, 7) is 1.95. The first-order valence-electron chi connectivity index (χ1n) is 7.29. The number of benzene rings is 2. The number of carbonyl (C=O) groups excluding carboxylic acids is 1. The van der Waals surface area contributed by atoms with Gasteiger partial charge in [-0.25, -0.2) is 4.79 Å². The summed E-state index contributed by atoms with van der Waals surface area (Å²) in [5, 5.41) is 2.70. The van der Waals surface area contributed by atoms with Crippen LogP contribution in [0.1, 0.15) is 12.5 Å². The number of hydrogen-bond donors (Lipinski definition) is 2. The Balaban J connectivity index is 1.65. The first-order chi connectivity index (χ1) is 11.2. The molecule has 0 saturated heterocycles. The Bertz CT molecular complexity index is 877. The van der Waals surface area contributed by atoms with Gasteiger partial charge in [0.2, 0.25) is 0 Å². The summed E-state index contributed by atoms with van der Waals surface area (Å²) in [6.07, 6.45) is 0.952. The van der Waals surface area contributed by atoms with Crippen LogP contribution in [-0.2, 0) is 11.2 Å². The van der Waals surface area contributed by atoms with E-state index in [4.69, 9.17) is 9.15 Å². The van der Waals surface area contributed by atoms with Crippen molar-refractivity contribution in [1.82, 2.24) is 4.98 Å². The Morgan fingerprint density at radius 3 is 2.74 bits per heavy atom. The highest BCUT2D eigenvalue weighted by atomic mass is 16.5. The molecule has 23 heavy (non-hydrogen) atoms. The van der Waals surface area contributed by atoms with Crippen molar-refractivity contribution in [2.45, 2.75) is 13.3 Å². The molecule has 1 aromatic heterocycles. The maximum atomic E-state index is 12.0. The van der Waals surface area contributed by atoms with Gasteiger partial charge in [0.15, 0.2) is 12.2 Å². The van der Waals surface area contributed by atoms with Crippen molar-refractivity contribution in [3.05, 3.63) is 58.6 Å².